The largest absolute Gasteiger partial charge is 0.388 e. The van der Waals surface area contributed by atoms with Crippen molar-refractivity contribution in [3.05, 3.63) is 35.9 Å². The molecule has 1 aliphatic heterocycles. The maximum Gasteiger partial charge on any atom is 0.244 e. The highest BCUT2D eigenvalue weighted by Gasteiger charge is 2.27. The molecular weight excluding hydrogens is 316 g/mol. The van der Waals surface area contributed by atoms with Crippen LogP contribution in [0, 0.1) is 5.92 Å². The van der Waals surface area contributed by atoms with E-state index >= 15 is 0 Å². The summed E-state index contributed by atoms with van der Waals surface area (Å²) >= 11 is 0. The average Bonchev–Trinajstić information content (AvgIpc) is 2.65. The number of carbonyl (C=O) groups is 1. The molecular formula is C20H30N2O3. The molecule has 2 rings (SSSR count). The Hall–Kier alpha value is -1.85. The van der Waals surface area contributed by atoms with E-state index in [9.17, 15) is 9.90 Å². The predicted octanol–water partition coefficient (Wildman–Crippen LogP) is 2.45. The molecule has 1 heterocycles. The quantitative estimate of drug-likeness (QED) is 0.745. The molecule has 0 radical (unpaired) electrons. The van der Waals surface area contributed by atoms with Crippen molar-refractivity contribution in [1.82, 2.24) is 5.32 Å². The summed E-state index contributed by atoms with van der Waals surface area (Å²) in [4.78, 5) is 14.2. The summed E-state index contributed by atoms with van der Waals surface area (Å²) in [7, 11) is 0. The predicted molar refractivity (Wildman–Crippen MR) is 102 cm³/mol. The van der Waals surface area contributed by atoms with Gasteiger partial charge in [-0.3, -0.25) is 4.79 Å². The Morgan fingerprint density at radius 1 is 1.36 bits per heavy atom. The van der Waals surface area contributed by atoms with Crippen LogP contribution in [0.2, 0.25) is 0 Å². The first-order chi connectivity index (χ1) is 11.9. The zero-order valence-corrected chi connectivity index (χ0v) is 15.5. The van der Waals surface area contributed by atoms with Crippen molar-refractivity contribution in [1.29, 1.82) is 0 Å². The number of anilines is 1. The molecule has 2 unspecified atom stereocenters. The molecule has 1 aliphatic rings. The van der Waals surface area contributed by atoms with E-state index in [0.29, 0.717) is 0 Å². The molecule has 2 atom stereocenters. The van der Waals surface area contributed by atoms with Gasteiger partial charge in [0.25, 0.3) is 0 Å². The van der Waals surface area contributed by atoms with E-state index in [4.69, 9.17) is 4.74 Å². The molecule has 0 aliphatic carbocycles. The van der Waals surface area contributed by atoms with Gasteiger partial charge in [-0.25, -0.2) is 0 Å². The normalized spacial score (nSPS) is 18.8. The number of morpholine rings is 1. The Kier molecular flexibility index (Phi) is 7.02. The topological polar surface area (TPSA) is 61.8 Å². The van der Waals surface area contributed by atoms with E-state index in [1.54, 1.807) is 13.0 Å². The van der Waals surface area contributed by atoms with Crippen LogP contribution in [0.3, 0.4) is 0 Å². The third-order valence-electron chi connectivity index (χ3n) is 4.99. The fraction of sp³-hybridized carbons (Fsp3) is 0.550. The van der Waals surface area contributed by atoms with Gasteiger partial charge in [-0.1, -0.05) is 32.4 Å². The van der Waals surface area contributed by atoms with Gasteiger partial charge in [0.15, 0.2) is 0 Å². The van der Waals surface area contributed by atoms with Gasteiger partial charge in [0.2, 0.25) is 5.91 Å². The number of carbonyl (C=O) groups excluding carboxylic acids is 1. The Morgan fingerprint density at radius 2 is 2.00 bits per heavy atom. The summed E-state index contributed by atoms with van der Waals surface area (Å²) in [6.07, 6.45) is 4.17. The van der Waals surface area contributed by atoms with E-state index in [1.165, 1.54) is 11.8 Å². The van der Waals surface area contributed by atoms with Gasteiger partial charge in [0.05, 0.1) is 18.8 Å². The summed E-state index contributed by atoms with van der Waals surface area (Å²) in [5, 5.41) is 13.1. The van der Waals surface area contributed by atoms with Crippen LogP contribution < -0.4 is 10.2 Å². The number of nitrogens with zero attached hydrogens (tertiary/aromatic N) is 1. The van der Waals surface area contributed by atoms with E-state index in [1.807, 2.05) is 26.0 Å². The van der Waals surface area contributed by atoms with Crippen LogP contribution >= 0.6 is 0 Å². The summed E-state index contributed by atoms with van der Waals surface area (Å²) in [5.41, 5.74) is 1.26. The van der Waals surface area contributed by atoms with Gasteiger partial charge in [0.1, 0.15) is 0 Å². The zero-order chi connectivity index (χ0) is 18.3. The summed E-state index contributed by atoms with van der Waals surface area (Å²) in [6, 6.07) is 8.14. The monoisotopic (exact) mass is 346 g/mol. The Bertz CT molecular complexity index is 575. The van der Waals surface area contributed by atoms with Crippen molar-refractivity contribution in [2.75, 3.05) is 37.7 Å². The molecule has 0 bridgehead atoms. The van der Waals surface area contributed by atoms with Crippen LogP contribution in [0.15, 0.2) is 30.3 Å². The standard InChI is InChI=1S/C20H30N2O3/c1-4-16(2)20(3,24)15-21-19(23)10-7-17-5-8-18(9-6-17)22-11-13-25-14-12-22/h5-10,16,24H,4,11-15H2,1-3H3,(H,21,23). The highest BCUT2D eigenvalue weighted by atomic mass is 16.5. The van der Waals surface area contributed by atoms with Gasteiger partial charge >= 0.3 is 0 Å². The minimum absolute atomic E-state index is 0.129. The lowest BCUT2D eigenvalue weighted by atomic mass is 9.89. The lowest BCUT2D eigenvalue weighted by molar-refractivity contribution is -0.118. The van der Waals surface area contributed by atoms with E-state index in [2.05, 4.69) is 22.3 Å². The van der Waals surface area contributed by atoms with Crippen molar-refractivity contribution in [3.8, 4) is 0 Å². The molecule has 5 nitrogen and oxygen atoms in total. The van der Waals surface area contributed by atoms with Crippen molar-refractivity contribution in [2.45, 2.75) is 32.8 Å². The lowest BCUT2D eigenvalue weighted by Gasteiger charge is -2.29. The molecule has 25 heavy (non-hydrogen) atoms. The second kappa shape index (κ2) is 9.02. The number of benzene rings is 1. The molecule has 1 aromatic carbocycles. The van der Waals surface area contributed by atoms with Crippen molar-refractivity contribution in [2.24, 2.45) is 5.92 Å². The molecule has 5 heteroatoms. The van der Waals surface area contributed by atoms with Gasteiger partial charge in [-0.15, -0.1) is 0 Å². The van der Waals surface area contributed by atoms with Crippen LogP contribution in [-0.2, 0) is 9.53 Å². The first-order valence-corrected chi connectivity index (χ1v) is 9.03. The highest BCUT2D eigenvalue weighted by molar-refractivity contribution is 5.91. The average molecular weight is 346 g/mol. The van der Waals surface area contributed by atoms with Crippen LogP contribution in [0.1, 0.15) is 32.8 Å². The molecule has 1 aromatic rings. The van der Waals surface area contributed by atoms with Gasteiger partial charge in [-0.05, 0) is 36.6 Å². The number of hydrogen-bond donors (Lipinski definition) is 2. The van der Waals surface area contributed by atoms with Crippen LogP contribution in [0.25, 0.3) is 6.08 Å². The van der Waals surface area contributed by atoms with Crippen LogP contribution in [-0.4, -0.2) is 49.5 Å². The van der Waals surface area contributed by atoms with Gasteiger partial charge in [-0.2, -0.15) is 0 Å². The molecule has 2 N–H and O–H groups in total. The summed E-state index contributed by atoms with van der Waals surface area (Å²) in [6.45, 7) is 9.38. The van der Waals surface area contributed by atoms with E-state index in [-0.39, 0.29) is 18.4 Å². The third-order valence-corrected chi connectivity index (χ3v) is 4.99. The molecule has 0 saturated carbocycles. The maximum absolute atomic E-state index is 12.0. The number of ether oxygens (including phenoxy) is 1. The number of rotatable bonds is 7. The second-order valence-electron chi connectivity index (χ2n) is 6.91. The molecule has 0 spiro atoms. The Morgan fingerprint density at radius 3 is 2.60 bits per heavy atom. The minimum Gasteiger partial charge on any atom is -0.388 e. The van der Waals surface area contributed by atoms with Crippen LogP contribution in [0.5, 0.6) is 0 Å². The zero-order valence-electron chi connectivity index (χ0n) is 15.5. The third kappa shape index (κ3) is 5.87. The smallest absolute Gasteiger partial charge is 0.244 e. The maximum atomic E-state index is 12.0. The Labute approximate surface area is 150 Å². The lowest BCUT2D eigenvalue weighted by Crippen LogP contribution is -2.44. The van der Waals surface area contributed by atoms with E-state index in [0.717, 1.165) is 38.3 Å². The number of hydrogen-bond acceptors (Lipinski definition) is 4. The first kappa shape index (κ1) is 19.5. The van der Waals surface area contributed by atoms with Gasteiger partial charge in [0, 0.05) is 31.4 Å². The molecule has 1 fully saturated rings. The van der Waals surface area contributed by atoms with Crippen molar-refractivity contribution < 1.29 is 14.6 Å². The number of aliphatic hydroxyl groups is 1. The highest BCUT2D eigenvalue weighted by Crippen LogP contribution is 2.19. The molecule has 0 aromatic heterocycles. The number of nitrogens with one attached hydrogen (secondary N) is 1. The van der Waals surface area contributed by atoms with Crippen molar-refractivity contribution >= 4 is 17.7 Å². The SMILES string of the molecule is CCC(C)C(C)(O)CNC(=O)C=Cc1ccc(N2CCOCC2)cc1. The minimum atomic E-state index is -0.891. The van der Waals surface area contributed by atoms with E-state index < -0.39 is 5.60 Å². The molecule has 138 valence electrons. The molecule has 1 saturated heterocycles. The van der Waals surface area contributed by atoms with Crippen LogP contribution in [0.4, 0.5) is 5.69 Å². The van der Waals surface area contributed by atoms with Gasteiger partial charge < -0.3 is 20.1 Å². The summed E-state index contributed by atoms with van der Waals surface area (Å²) < 4.78 is 5.36. The summed E-state index contributed by atoms with van der Waals surface area (Å²) in [5.74, 6) is -0.0645. The fourth-order valence-electron chi connectivity index (χ4n) is 2.73. The fourth-order valence-corrected chi connectivity index (χ4v) is 2.73. The van der Waals surface area contributed by atoms with Crippen molar-refractivity contribution in [3.63, 3.8) is 0 Å². The Balaban J connectivity index is 1.85. The molecule has 1 amide bonds. The second-order valence-corrected chi connectivity index (χ2v) is 6.91. The first-order valence-electron chi connectivity index (χ1n) is 9.03. The number of amides is 1.